The maximum Gasteiger partial charge on any atom is 0.119 e. The number of hydrazine groups is 1. The van der Waals surface area contributed by atoms with Crippen molar-refractivity contribution in [3.63, 3.8) is 0 Å². The molecule has 1 aromatic rings. The average Bonchev–Trinajstić information content (AvgIpc) is 2.45. The standard InChI is InChI=1S/C16H28N2O/c1-4-7-8-13(5-2)16(18-17)14-9-11-15(12-10-14)19-6-3/h9-13,16,18H,4-8,17H2,1-3H3. The summed E-state index contributed by atoms with van der Waals surface area (Å²) in [5.74, 6) is 7.27. The molecule has 0 saturated heterocycles. The first-order chi connectivity index (χ1) is 9.26. The zero-order chi connectivity index (χ0) is 14.1. The Bertz CT molecular complexity index is 337. The molecule has 0 saturated carbocycles. The first kappa shape index (κ1) is 16.0. The van der Waals surface area contributed by atoms with Crippen LogP contribution in [0.15, 0.2) is 24.3 Å². The van der Waals surface area contributed by atoms with E-state index in [2.05, 4.69) is 31.4 Å². The first-order valence-corrected chi connectivity index (χ1v) is 7.45. The van der Waals surface area contributed by atoms with Gasteiger partial charge in [0.15, 0.2) is 0 Å². The van der Waals surface area contributed by atoms with Crippen molar-refractivity contribution in [1.82, 2.24) is 5.43 Å². The molecule has 1 aromatic carbocycles. The van der Waals surface area contributed by atoms with Gasteiger partial charge in [0.1, 0.15) is 5.75 Å². The molecule has 0 heterocycles. The molecule has 3 nitrogen and oxygen atoms in total. The highest BCUT2D eigenvalue weighted by Crippen LogP contribution is 2.29. The van der Waals surface area contributed by atoms with Gasteiger partial charge in [0, 0.05) is 6.04 Å². The van der Waals surface area contributed by atoms with Crippen LogP contribution < -0.4 is 16.0 Å². The van der Waals surface area contributed by atoms with E-state index in [1.54, 1.807) is 0 Å². The van der Waals surface area contributed by atoms with Gasteiger partial charge in [-0.2, -0.15) is 0 Å². The Morgan fingerprint density at radius 2 is 1.84 bits per heavy atom. The Morgan fingerprint density at radius 3 is 2.32 bits per heavy atom. The lowest BCUT2D eigenvalue weighted by Gasteiger charge is -2.26. The Hall–Kier alpha value is -1.06. The van der Waals surface area contributed by atoms with Crippen LogP contribution in [0.25, 0.3) is 0 Å². The number of unbranched alkanes of at least 4 members (excludes halogenated alkanes) is 1. The fraction of sp³-hybridized carbons (Fsp3) is 0.625. The zero-order valence-corrected chi connectivity index (χ0v) is 12.5. The Balaban J connectivity index is 2.76. The number of nitrogens with one attached hydrogen (secondary N) is 1. The minimum atomic E-state index is 0.229. The predicted octanol–water partition coefficient (Wildman–Crippen LogP) is 3.81. The number of hydrogen-bond donors (Lipinski definition) is 2. The molecule has 3 N–H and O–H groups in total. The van der Waals surface area contributed by atoms with E-state index in [1.807, 2.05) is 19.1 Å². The van der Waals surface area contributed by atoms with Gasteiger partial charge in [0.2, 0.25) is 0 Å². The maximum atomic E-state index is 5.77. The van der Waals surface area contributed by atoms with Crippen molar-refractivity contribution in [2.24, 2.45) is 11.8 Å². The lowest BCUT2D eigenvalue weighted by Crippen LogP contribution is -2.33. The highest BCUT2D eigenvalue weighted by atomic mass is 16.5. The van der Waals surface area contributed by atoms with Crippen LogP contribution in [0.3, 0.4) is 0 Å². The van der Waals surface area contributed by atoms with E-state index < -0.39 is 0 Å². The van der Waals surface area contributed by atoms with Crippen LogP contribution >= 0.6 is 0 Å². The second-order valence-electron chi connectivity index (χ2n) is 4.96. The van der Waals surface area contributed by atoms with Gasteiger partial charge in [-0.05, 0) is 37.0 Å². The predicted molar refractivity (Wildman–Crippen MR) is 81.0 cm³/mol. The Kier molecular flexibility index (Phi) is 7.53. The average molecular weight is 264 g/mol. The SMILES string of the molecule is CCCCC(CC)C(NN)c1ccc(OCC)cc1. The molecular weight excluding hydrogens is 236 g/mol. The molecule has 2 atom stereocenters. The molecule has 19 heavy (non-hydrogen) atoms. The van der Waals surface area contributed by atoms with Crippen molar-refractivity contribution in [3.8, 4) is 5.75 Å². The van der Waals surface area contributed by atoms with Crippen LogP contribution in [0.5, 0.6) is 5.75 Å². The number of nitrogens with two attached hydrogens (primary N) is 1. The molecule has 0 fully saturated rings. The minimum Gasteiger partial charge on any atom is -0.494 e. The number of hydrogen-bond acceptors (Lipinski definition) is 3. The topological polar surface area (TPSA) is 47.3 Å². The van der Waals surface area contributed by atoms with Crippen LogP contribution in [0.4, 0.5) is 0 Å². The summed E-state index contributed by atoms with van der Waals surface area (Å²) in [5.41, 5.74) is 4.23. The molecule has 0 aromatic heterocycles. The number of rotatable bonds is 9. The van der Waals surface area contributed by atoms with Gasteiger partial charge >= 0.3 is 0 Å². The molecule has 3 heteroatoms. The second-order valence-corrected chi connectivity index (χ2v) is 4.96. The van der Waals surface area contributed by atoms with E-state index >= 15 is 0 Å². The third kappa shape index (κ3) is 4.84. The Labute approximate surface area is 117 Å². The van der Waals surface area contributed by atoms with Crippen molar-refractivity contribution in [3.05, 3.63) is 29.8 Å². The second kappa shape index (κ2) is 8.94. The third-order valence-corrected chi connectivity index (χ3v) is 3.65. The van der Waals surface area contributed by atoms with E-state index in [9.17, 15) is 0 Å². The van der Waals surface area contributed by atoms with Gasteiger partial charge in [-0.25, -0.2) is 0 Å². The number of ether oxygens (including phenoxy) is 1. The Morgan fingerprint density at radius 1 is 1.16 bits per heavy atom. The molecule has 0 radical (unpaired) electrons. The van der Waals surface area contributed by atoms with Crippen LogP contribution in [0, 0.1) is 5.92 Å². The highest BCUT2D eigenvalue weighted by Gasteiger charge is 2.20. The first-order valence-electron chi connectivity index (χ1n) is 7.45. The minimum absolute atomic E-state index is 0.229. The summed E-state index contributed by atoms with van der Waals surface area (Å²) in [5, 5.41) is 0. The van der Waals surface area contributed by atoms with Gasteiger partial charge < -0.3 is 4.74 Å². The highest BCUT2D eigenvalue weighted by molar-refractivity contribution is 5.29. The molecule has 1 rings (SSSR count). The lowest BCUT2D eigenvalue weighted by molar-refractivity contribution is 0.324. The van der Waals surface area contributed by atoms with Crippen LogP contribution in [0.1, 0.15) is 58.1 Å². The summed E-state index contributed by atoms with van der Waals surface area (Å²) >= 11 is 0. The summed E-state index contributed by atoms with van der Waals surface area (Å²) in [6.45, 7) is 7.16. The van der Waals surface area contributed by atoms with Crippen molar-refractivity contribution >= 4 is 0 Å². The number of benzene rings is 1. The molecule has 0 amide bonds. The molecule has 0 aliphatic carbocycles. The third-order valence-electron chi connectivity index (χ3n) is 3.65. The maximum absolute atomic E-state index is 5.77. The van der Waals surface area contributed by atoms with Gasteiger partial charge in [-0.3, -0.25) is 11.3 Å². The summed E-state index contributed by atoms with van der Waals surface area (Å²) < 4.78 is 5.47. The fourth-order valence-electron chi connectivity index (χ4n) is 2.52. The quantitative estimate of drug-likeness (QED) is 0.527. The smallest absolute Gasteiger partial charge is 0.119 e. The normalized spacial score (nSPS) is 14.1. The van der Waals surface area contributed by atoms with Crippen molar-refractivity contribution < 1.29 is 4.74 Å². The van der Waals surface area contributed by atoms with Crippen molar-refractivity contribution in [1.29, 1.82) is 0 Å². The van der Waals surface area contributed by atoms with Gasteiger partial charge in [-0.15, -0.1) is 0 Å². The van der Waals surface area contributed by atoms with Crippen LogP contribution in [-0.4, -0.2) is 6.61 Å². The lowest BCUT2D eigenvalue weighted by atomic mass is 9.87. The zero-order valence-electron chi connectivity index (χ0n) is 12.5. The molecule has 0 aliphatic rings. The monoisotopic (exact) mass is 264 g/mol. The van der Waals surface area contributed by atoms with E-state index in [0.29, 0.717) is 12.5 Å². The van der Waals surface area contributed by atoms with E-state index in [4.69, 9.17) is 10.6 Å². The largest absolute Gasteiger partial charge is 0.494 e. The van der Waals surface area contributed by atoms with E-state index in [1.165, 1.54) is 24.8 Å². The van der Waals surface area contributed by atoms with Crippen molar-refractivity contribution in [2.45, 2.75) is 52.5 Å². The van der Waals surface area contributed by atoms with Gasteiger partial charge in [-0.1, -0.05) is 45.2 Å². The summed E-state index contributed by atoms with van der Waals surface area (Å²) in [4.78, 5) is 0. The van der Waals surface area contributed by atoms with Crippen LogP contribution in [0.2, 0.25) is 0 Å². The summed E-state index contributed by atoms with van der Waals surface area (Å²) in [7, 11) is 0. The van der Waals surface area contributed by atoms with E-state index in [0.717, 1.165) is 12.2 Å². The summed E-state index contributed by atoms with van der Waals surface area (Å²) in [6.07, 6.45) is 4.85. The summed E-state index contributed by atoms with van der Waals surface area (Å²) in [6, 6.07) is 8.51. The molecule has 0 bridgehead atoms. The van der Waals surface area contributed by atoms with Crippen molar-refractivity contribution in [2.75, 3.05) is 6.61 Å². The molecule has 108 valence electrons. The van der Waals surface area contributed by atoms with E-state index in [-0.39, 0.29) is 6.04 Å². The molecule has 2 unspecified atom stereocenters. The molecule has 0 aliphatic heterocycles. The molecular formula is C16H28N2O. The van der Waals surface area contributed by atoms with Gasteiger partial charge in [0.25, 0.3) is 0 Å². The van der Waals surface area contributed by atoms with Gasteiger partial charge in [0.05, 0.1) is 6.61 Å². The molecule has 0 spiro atoms. The fourth-order valence-corrected chi connectivity index (χ4v) is 2.52. The van der Waals surface area contributed by atoms with Crippen LogP contribution in [-0.2, 0) is 0 Å².